The SMILES string of the molecule is O=C(c1ccccc1)N1CCC(N2CCCn3nc(CO)cc3C2)CC1. The Labute approximate surface area is 154 Å². The lowest BCUT2D eigenvalue weighted by molar-refractivity contribution is 0.0609. The Morgan fingerprint density at radius 3 is 2.62 bits per heavy atom. The second-order valence-corrected chi connectivity index (χ2v) is 7.22. The molecule has 0 saturated carbocycles. The van der Waals surface area contributed by atoms with Gasteiger partial charge in [0.15, 0.2) is 0 Å². The lowest BCUT2D eigenvalue weighted by atomic mass is 10.0. The van der Waals surface area contributed by atoms with E-state index in [-0.39, 0.29) is 12.5 Å². The van der Waals surface area contributed by atoms with Crippen LogP contribution in [0.25, 0.3) is 0 Å². The Hall–Kier alpha value is -2.18. The molecule has 0 bridgehead atoms. The predicted molar refractivity (Wildman–Crippen MR) is 98.5 cm³/mol. The summed E-state index contributed by atoms with van der Waals surface area (Å²) in [4.78, 5) is 17.1. The zero-order valence-electron chi connectivity index (χ0n) is 15.0. The molecule has 0 radical (unpaired) electrons. The molecule has 4 rings (SSSR count). The van der Waals surface area contributed by atoms with Crippen LogP contribution < -0.4 is 0 Å². The van der Waals surface area contributed by atoms with Crippen molar-refractivity contribution >= 4 is 5.91 Å². The highest BCUT2D eigenvalue weighted by molar-refractivity contribution is 5.94. The van der Waals surface area contributed by atoms with Crippen molar-refractivity contribution in [1.82, 2.24) is 19.6 Å². The minimum atomic E-state index is -0.0000138. The molecule has 2 aromatic rings. The van der Waals surface area contributed by atoms with Crippen LogP contribution in [0, 0.1) is 0 Å². The molecule has 0 unspecified atom stereocenters. The van der Waals surface area contributed by atoms with Crippen molar-refractivity contribution in [3.05, 3.63) is 53.3 Å². The number of hydrogen-bond donors (Lipinski definition) is 1. The van der Waals surface area contributed by atoms with E-state index in [1.165, 1.54) is 5.69 Å². The molecule has 2 aliphatic heterocycles. The normalized spacial score (nSPS) is 19.2. The highest BCUT2D eigenvalue weighted by Gasteiger charge is 2.29. The Balaban J connectivity index is 1.38. The number of likely N-dealkylation sites (tertiary alicyclic amines) is 1. The fourth-order valence-corrected chi connectivity index (χ4v) is 4.13. The van der Waals surface area contributed by atoms with Crippen molar-refractivity contribution in [2.45, 2.75) is 45.0 Å². The van der Waals surface area contributed by atoms with Gasteiger partial charge in [-0.05, 0) is 37.5 Å². The van der Waals surface area contributed by atoms with Crippen molar-refractivity contribution in [2.75, 3.05) is 19.6 Å². The highest BCUT2D eigenvalue weighted by Crippen LogP contribution is 2.23. The smallest absolute Gasteiger partial charge is 0.253 e. The van der Waals surface area contributed by atoms with E-state index in [0.717, 1.165) is 63.2 Å². The zero-order valence-corrected chi connectivity index (χ0v) is 15.0. The predicted octanol–water partition coefficient (Wildman–Crippen LogP) is 1.89. The van der Waals surface area contributed by atoms with Gasteiger partial charge in [0.05, 0.1) is 18.0 Å². The molecule has 1 N–H and O–H groups in total. The van der Waals surface area contributed by atoms with Crippen molar-refractivity contribution in [3.63, 3.8) is 0 Å². The van der Waals surface area contributed by atoms with Crippen molar-refractivity contribution in [2.24, 2.45) is 0 Å². The van der Waals surface area contributed by atoms with Crippen LogP contribution >= 0.6 is 0 Å². The molecular weight excluding hydrogens is 328 g/mol. The van der Waals surface area contributed by atoms with Gasteiger partial charge in [0, 0.05) is 44.3 Å². The number of nitrogens with zero attached hydrogens (tertiary/aromatic N) is 4. The van der Waals surface area contributed by atoms with E-state index >= 15 is 0 Å². The molecule has 6 heteroatoms. The summed E-state index contributed by atoms with van der Waals surface area (Å²) >= 11 is 0. The number of aryl methyl sites for hydroxylation is 1. The molecule has 3 heterocycles. The van der Waals surface area contributed by atoms with Gasteiger partial charge in [0.2, 0.25) is 0 Å². The van der Waals surface area contributed by atoms with Gasteiger partial charge in [-0.3, -0.25) is 14.4 Å². The topological polar surface area (TPSA) is 61.6 Å². The molecule has 1 aromatic heterocycles. The second kappa shape index (κ2) is 7.60. The summed E-state index contributed by atoms with van der Waals surface area (Å²) < 4.78 is 2.04. The van der Waals surface area contributed by atoms with Crippen LogP contribution in [0.15, 0.2) is 36.4 Å². The van der Waals surface area contributed by atoms with E-state index < -0.39 is 0 Å². The summed E-state index contributed by atoms with van der Waals surface area (Å²) in [6.07, 6.45) is 3.10. The molecule has 1 fully saturated rings. The first-order chi connectivity index (χ1) is 12.7. The van der Waals surface area contributed by atoms with Crippen LogP contribution in [0.3, 0.4) is 0 Å². The number of piperidine rings is 1. The minimum Gasteiger partial charge on any atom is -0.390 e. The largest absolute Gasteiger partial charge is 0.390 e. The van der Waals surface area contributed by atoms with Crippen LogP contribution in [0.4, 0.5) is 0 Å². The quantitative estimate of drug-likeness (QED) is 0.914. The van der Waals surface area contributed by atoms with E-state index in [1.807, 2.05) is 46.0 Å². The van der Waals surface area contributed by atoms with E-state index in [0.29, 0.717) is 6.04 Å². The number of aromatic nitrogens is 2. The number of rotatable bonds is 3. The number of carbonyl (C=O) groups is 1. The van der Waals surface area contributed by atoms with Crippen molar-refractivity contribution in [1.29, 1.82) is 0 Å². The zero-order chi connectivity index (χ0) is 17.9. The van der Waals surface area contributed by atoms with Crippen LogP contribution in [0.1, 0.15) is 41.0 Å². The molecule has 1 saturated heterocycles. The fourth-order valence-electron chi connectivity index (χ4n) is 4.13. The molecule has 1 aromatic carbocycles. The highest BCUT2D eigenvalue weighted by atomic mass is 16.3. The van der Waals surface area contributed by atoms with Crippen LogP contribution in [0.5, 0.6) is 0 Å². The van der Waals surface area contributed by atoms with Gasteiger partial charge < -0.3 is 10.0 Å². The molecule has 0 atom stereocenters. The average Bonchev–Trinajstić information content (AvgIpc) is 2.99. The first-order valence-electron chi connectivity index (χ1n) is 9.49. The summed E-state index contributed by atoms with van der Waals surface area (Å²) in [5.41, 5.74) is 2.72. The summed E-state index contributed by atoms with van der Waals surface area (Å²) in [5.74, 6) is 0.144. The van der Waals surface area contributed by atoms with Gasteiger partial charge in [-0.25, -0.2) is 0 Å². The number of aliphatic hydroxyl groups is 1. The number of carbonyl (C=O) groups excluding carboxylic acids is 1. The lowest BCUT2D eigenvalue weighted by Crippen LogP contribution is -2.46. The van der Waals surface area contributed by atoms with Gasteiger partial charge in [0.1, 0.15) is 0 Å². The standard InChI is InChI=1S/C20H26N4O2/c25-15-17-13-19-14-23(9-4-10-24(19)21-17)18-7-11-22(12-8-18)20(26)16-5-2-1-3-6-16/h1-3,5-6,13,18,25H,4,7-12,14-15H2. The van der Waals surface area contributed by atoms with Gasteiger partial charge >= 0.3 is 0 Å². The van der Waals surface area contributed by atoms with Crippen molar-refractivity contribution < 1.29 is 9.90 Å². The molecule has 26 heavy (non-hydrogen) atoms. The third kappa shape index (κ3) is 3.52. The third-order valence-electron chi connectivity index (χ3n) is 5.55. The number of amides is 1. The number of benzene rings is 1. The molecule has 0 aliphatic carbocycles. The number of fused-ring (bicyclic) bond motifs is 1. The molecule has 0 spiro atoms. The summed E-state index contributed by atoms with van der Waals surface area (Å²) in [7, 11) is 0. The van der Waals surface area contributed by atoms with Crippen molar-refractivity contribution in [3.8, 4) is 0 Å². The number of hydrogen-bond acceptors (Lipinski definition) is 4. The first kappa shape index (κ1) is 17.2. The maximum absolute atomic E-state index is 12.6. The monoisotopic (exact) mass is 354 g/mol. The molecule has 2 aliphatic rings. The Morgan fingerprint density at radius 1 is 1.12 bits per heavy atom. The maximum Gasteiger partial charge on any atom is 0.253 e. The summed E-state index contributed by atoms with van der Waals surface area (Å²) in [6.45, 7) is 4.49. The van der Waals surface area contributed by atoms with E-state index in [1.54, 1.807) is 0 Å². The van der Waals surface area contributed by atoms with E-state index in [4.69, 9.17) is 0 Å². The lowest BCUT2D eigenvalue weighted by Gasteiger charge is -2.38. The Morgan fingerprint density at radius 2 is 1.88 bits per heavy atom. The minimum absolute atomic E-state index is 0.0000138. The summed E-state index contributed by atoms with van der Waals surface area (Å²) in [5, 5.41) is 13.8. The maximum atomic E-state index is 12.6. The van der Waals surface area contributed by atoms with Gasteiger partial charge in [0.25, 0.3) is 5.91 Å². The van der Waals surface area contributed by atoms with Crippen LogP contribution in [-0.2, 0) is 19.7 Å². The molecule has 138 valence electrons. The first-order valence-corrected chi connectivity index (χ1v) is 9.49. The molecular formula is C20H26N4O2. The van der Waals surface area contributed by atoms with Crippen LogP contribution in [0.2, 0.25) is 0 Å². The molecule has 6 nitrogen and oxygen atoms in total. The van der Waals surface area contributed by atoms with E-state index in [9.17, 15) is 9.90 Å². The van der Waals surface area contributed by atoms with E-state index in [2.05, 4.69) is 10.00 Å². The Bertz CT molecular complexity index is 750. The Kier molecular flexibility index (Phi) is 5.04. The fraction of sp³-hybridized carbons (Fsp3) is 0.500. The van der Waals surface area contributed by atoms with Gasteiger partial charge in [-0.1, -0.05) is 18.2 Å². The average molecular weight is 354 g/mol. The third-order valence-corrected chi connectivity index (χ3v) is 5.55. The van der Waals surface area contributed by atoms with Gasteiger partial charge in [-0.2, -0.15) is 5.10 Å². The van der Waals surface area contributed by atoms with Crippen LogP contribution in [-0.4, -0.2) is 56.3 Å². The summed E-state index contributed by atoms with van der Waals surface area (Å²) in [6, 6.07) is 12.1. The molecule has 1 amide bonds. The number of aliphatic hydroxyl groups excluding tert-OH is 1. The van der Waals surface area contributed by atoms with Gasteiger partial charge in [-0.15, -0.1) is 0 Å². The second-order valence-electron chi connectivity index (χ2n) is 7.22.